The van der Waals surface area contributed by atoms with Gasteiger partial charge in [-0.2, -0.15) is 0 Å². The first kappa shape index (κ1) is 16.2. The van der Waals surface area contributed by atoms with Crippen LogP contribution in [0.2, 0.25) is 5.02 Å². The number of hydrogen-bond donors (Lipinski definition) is 1. The monoisotopic (exact) mass is 359 g/mol. The van der Waals surface area contributed by atoms with Gasteiger partial charge >= 0.3 is 0 Å². The van der Waals surface area contributed by atoms with Crippen molar-refractivity contribution in [2.45, 2.75) is 12.5 Å². The molecule has 20 heavy (non-hydrogen) atoms. The third kappa shape index (κ3) is 3.95. The smallest absolute Gasteiger partial charge is 0.0482 e. The Bertz CT molecular complexity index is 455. The Morgan fingerprint density at radius 2 is 2.30 bits per heavy atom. The van der Waals surface area contributed by atoms with Gasteiger partial charge in [0.1, 0.15) is 0 Å². The maximum atomic E-state index is 6.37. The second-order valence-electron chi connectivity index (χ2n) is 5.77. The number of nitrogens with zero attached hydrogens (tertiary/aromatic N) is 2. The van der Waals surface area contributed by atoms with Crippen molar-refractivity contribution in [1.82, 2.24) is 9.80 Å². The fourth-order valence-electron chi connectivity index (χ4n) is 3.03. The number of likely N-dealkylation sites (N-methyl/N-ethyl adjacent to an activating group) is 1. The normalized spacial score (nSPS) is 21.6. The highest BCUT2D eigenvalue weighted by molar-refractivity contribution is 9.10. The van der Waals surface area contributed by atoms with Crippen LogP contribution in [-0.4, -0.2) is 50.1 Å². The molecule has 5 heteroatoms. The molecule has 0 saturated carbocycles. The van der Waals surface area contributed by atoms with Gasteiger partial charge in [0.15, 0.2) is 0 Å². The Kier molecular flexibility index (Phi) is 5.87. The number of likely N-dealkylation sites (tertiary alicyclic amines) is 1. The minimum absolute atomic E-state index is 0.182. The van der Waals surface area contributed by atoms with Crippen LogP contribution in [-0.2, 0) is 0 Å². The zero-order valence-electron chi connectivity index (χ0n) is 12.1. The van der Waals surface area contributed by atoms with Crippen LogP contribution in [0.3, 0.4) is 0 Å². The molecule has 0 spiro atoms. The van der Waals surface area contributed by atoms with Crippen molar-refractivity contribution in [2.75, 3.05) is 40.3 Å². The van der Waals surface area contributed by atoms with Gasteiger partial charge in [0.25, 0.3) is 0 Å². The Balaban J connectivity index is 2.06. The molecule has 0 radical (unpaired) electrons. The number of hydrogen-bond acceptors (Lipinski definition) is 3. The van der Waals surface area contributed by atoms with Gasteiger partial charge in [-0.1, -0.05) is 33.6 Å². The van der Waals surface area contributed by atoms with E-state index in [0.717, 1.165) is 27.5 Å². The Hall–Kier alpha value is -0.130. The lowest BCUT2D eigenvalue weighted by Crippen LogP contribution is -2.35. The molecule has 3 nitrogen and oxygen atoms in total. The summed E-state index contributed by atoms with van der Waals surface area (Å²) < 4.78 is 1.00. The topological polar surface area (TPSA) is 32.5 Å². The standard InChI is InChI=1S/C15H23BrClN3/c1-19-6-5-11(9-19)10-20(2)15(8-18)13-4-3-12(16)7-14(13)17/h3-4,7,11,15H,5-6,8-10,18H2,1-2H3. The molecular weight excluding hydrogens is 338 g/mol. The van der Waals surface area contributed by atoms with Gasteiger partial charge in [-0.15, -0.1) is 0 Å². The molecular formula is C15H23BrClN3. The van der Waals surface area contributed by atoms with Crippen LogP contribution in [0.5, 0.6) is 0 Å². The molecule has 0 aliphatic carbocycles. The molecule has 1 saturated heterocycles. The van der Waals surface area contributed by atoms with E-state index in [9.17, 15) is 0 Å². The van der Waals surface area contributed by atoms with Crippen LogP contribution >= 0.6 is 27.5 Å². The first-order valence-corrected chi connectivity index (χ1v) is 8.22. The average molecular weight is 361 g/mol. The number of benzene rings is 1. The Morgan fingerprint density at radius 1 is 1.55 bits per heavy atom. The predicted octanol–water partition coefficient (Wildman–Crippen LogP) is 2.99. The molecule has 2 unspecified atom stereocenters. The molecule has 1 aliphatic rings. The van der Waals surface area contributed by atoms with Gasteiger partial charge in [0.05, 0.1) is 0 Å². The summed E-state index contributed by atoms with van der Waals surface area (Å²) in [5, 5.41) is 0.783. The van der Waals surface area contributed by atoms with Crippen LogP contribution in [0.15, 0.2) is 22.7 Å². The highest BCUT2D eigenvalue weighted by atomic mass is 79.9. The van der Waals surface area contributed by atoms with Crippen LogP contribution in [0, 0.1) is 5.92 Å². The zero-order valence-corrected chi connectivity index (χ0v) is 14.5. The minimum atomic E-state index is 0.182. The molecule has 1 aromatic rings. The lowest BCUT2D eigenvalue weighted by atomic mass is 10.0. The second-order valence-corrected chi connectivity index (χ2v) is 7.10. The molecule has 112 valence electrons. The summed E-state index contributed by atoms with van der Waals surface area (Å²) in [4.78, 5) is 4.74. The zero-order chi connectivity index (χ0) is 14.7. The van der Waals surface area contributed by atoms with Crippen LogP contribution in [0.4, 0.5) is 0 Å². The van der Waals surface area contributed by atoms with Gasteiger partial charge in [-0.25, -0.2) is 0 Å². The molecule has 2 rings (SSSR count). The first-order valence-electron chi connectivity index (χ1n) is 7.05. The molecule has 1 aromatic carbocycles. The maximum Gasteiger partial charge on any atom is 0.0482 e. The summed E-state index contributed by atoms with van der Waals surface area (Å²) in [5.74, 6) is 0.730. The third-order valence-electron chi connectivity index (χ3n) is 4.11. The van der Waals surface area contributed by atoms with Gasteiger partial charge in [0, 0.05) is 35.2 Å². The van der Waals surface area contributed by atoms with E-state index in [1.54, 1.807) is 0 Å². The SMILES string of the molecule is CN1CCC(CN(C)C(CN)c2ccc(Br)cc2Cl)C1. The summed E-state index contributed by atoms with van der Waals surface area (Å²) in [6.45, 7) is 4.03. The number of nitrogens with two attached hydrogens (primary N) is 1. The molecule has 1 heterocycles. The average Bonchev–Trinajstić information content (AvgIpc) is 2.78. The van der Waals surface area contributed by atoms with E-state index in [-0.39, 0.29) is 6.04 Å². The highest BCUT2D eigenvalue weighted by Gasteiger charge is 2.25. The predicted molar refractivity (Wildman–Crippen MR) is 89.2 cm³/mol. The van der Waals surface area contributed by atoms with Crippen molar-refractivity contribution < 1.29 is 0 Å². The molecule has 2 N–H and O–H groups in total. The van der Waals surface area contributed by atoms with E-state index in [4.69, 9.17) is 17.3 Å². The van der Waals surface area contributed by atoms with Crippen molar-refractivity contribution in [1.29, 1.82) is 0 Å². The highest BCUT2D eigenvalue weighted by Crippen LogP contribution is 2.30. The van der Waals surface area contributed by atoms with Crippen molar-refractivity contribution in [3.05, 3.63) is 33.3 Å². The molecule has 0 aromatic heterocycles. The van der Waals surface area contributed by atoms with E-state index in [1.165, 1.54) is 19.5 Å². The van der Waals surface area contributed by atoms with Crippen molar-refractivity contribution in [2.24, 2.45) is 11.7 Å². The van der Waals surface area contributed by atoms with E-state index < -0.39 is 0 Å². The first-order chi connectivity index (χ1) is 9.51. The van der Waals surface area contributed by atoms with Crippen molar-refractivity contribution >= 4 is 27.5 Å². The van der Waals surface area contributed by atoms with Crippen LogP contribution in [0.25, 0.3) is 0 Å². The Labute approximate surface area is 135 Å². The number of halogens is 2. The van der Waals surface area contributed by atoms with Crippen molar-refractivity contribution in [3.63, 3.8) is 0 Å². The van der Waals surface area contributed by atoms with E-state index in [2.05, 4.69) is 45.9 Å². The van der Waals surface area contributed by atoms with Crippen molar-refractivity contribution in [3.8, 4) is 0 Å². The van der Waals surface area contributed by atoms with Gasteiger partial charge in [-0.05, 0) is 50.7 Å². The lowest BCUT2D eigenvalue weighted by molar-refractivity contribution is 0.211. The fraction of sp³-hybridized carbons (Fsp3) is 0.600. The summed E-state index contributed by atoms with van der Waals surface area (Å²) in [5.41, 5.74) is 7.11. The quantitative estimate of drug-likeness (QED) is 0.876. The Morgan fingerprint density at radius 3 is 2.85 bits per heavy atom. The van der Waals surface area contributed by atoms with Gasteiger partial charge in [0.2, 0.25) is 0 Å². The molecule has 0 bridgehead atoms. The summed E-state index contributed by atoms with van der Waals surface area (Å²) in [6.07, 6.45) is 1.27. The van der Waals surface area contributed by atoms with E-state index in [0.29, 0.717) is 6.54 Å². The summed E-state index contributed by atoms with van der Waals surface area (Å²) in [7, 11) is 4.33. The number of rotatable bonds is 5. The lowest BCUT2D eigenvalue weighted by Gasteiger charge is -2.30. The van der Waals surface area contributed by atoms with Gasteiger partial charge < -0.3 is 10.6 Å². The molecule has 1 aliphatic heterocycles. The third-order valence-corrected chi connectivity index (χ3v) is 4.93. The van der Waals surface area contributed by atoms with E-state index >= 15 is 0 Å². The summed E-state index contributed by atoms with van der Waals surface area (Å²) >= 11 is 9.81. The molecule has 1 fully saturated rings. The molecule has 0 amide bonds. The maximum absolute atomic E-state index is 6.37. The fourth-order valence-corrected chi connectivity index (χ4v) is 3.83. The largest absolute Gasteiger partial charge is 0.329 e. The second kappa shape index (κ2) is 7.23. The minimum Gasteiger partial charge on any atom is -0.329 e. The van der Waals surface area contributed by atoms with Crippen LogP contribution < -0.4 is 5.73 Å². The van der Waals surface area contributed by atoms with E-state index in [1.807, 2.05) is 12.1 Å². The molecule has 2 atom stereocenters. The van der Waals surface area contributed by atoms with Crippen LogP contribution in [0.1, 0.15) is 18.0 Å². The summed E-state index contributed by atoms with van der Waals surface area (Å²) in [6, 6.07) is 6.22. The van der Waals surface area contributed by atoms with Gasteiger partial charge in [-0.3, -0.25) is 4.90 Å².